The zero-order chi connectivity index (χ0) is 17.7. The number of rotatable bonds is 8. The minimum absolute atomic E-state index is 0.102. The van der Waals surface area contributed by atoms with E-state index in [2.05, 4.69) is 4.98 Å². The first-order chi connectivity index (χ1) is 11.5. The number of nitro groups is 1. The SMILES string of the molecule is COCCCN(C)c1ccc(C(=O)c2nccn2C)cc1[N+](=O)[O-]. The number of anilines is 1. The van der Waals surface area contributed by atoms with Crippen LogP contribution in [-0.2, 0) is 11.8 Å². The van der Waals surface area contributed by atoms with E-state index < -0.39 is 4.92 Å². The van der Waals surface area contributed by atoms with Gasteiger partial charge in [-0.05, 0) is 18.6 Å². The molecule has 0 saturated heterocycles. The monoisotopic (exact) mass is 332 g/mol. The van der Waals surface area contributed by atoms with Crippen molar-refractivity contribution in [1.82, 2.24) is 9.55 Å². The van der Waals surface area contributed by atoms with Crippen LogP contribution in [0.1, 0.15) is 22.6 Å². The van der Waals surface area contributed by atoms with E-state index >= 15 is 0 Å². The predicted molar refractivity (Wildman–Crippen MR) is 89.5 cm³/mol. The molecule has 0 atom stereocenters. The quantitative estimate of drug-likeness (QED) is 0.318. The minimum atomic E-state index is -0.475. The van der Waals surface area contributed by atoms with E-state index in [0.29, 0.717) is 18.8 Å². The fourth-order valence-electron chi connectivity index (χ4n) is 2.41. The van der Waals surface area contributed by atoms with Crippen LogP contribution < -0.4 is 4.90 Å². The molecule has 0 saturated carbocycles. The third-order valence-electron chi connectivity index (χ3n) is 3.71. The molecular formula is C16H20N4O4. The number of methoxy groups -OCH3 is 1. The third kappa shape index (κ3) is 3.77. The van der Waals surface area contributed by atoms with Crippen LogP contribution in [0.5, 0.6) is 0 Å². The van der Waals surface area contributed by atoms with Crippen molar-refractivity contribution in [1.29, 1.82) is 0 Å². The Morgan fingerprint density at radius 3 is 2.79 bits per heavy atom. The average Bonchev–Trinajstić information content (AvgIpc) is 2.99. The molecule has 0 aliphatic heterocycles. The molecule has 2 rings (SSSR count). The topological polar surface area (TPSA) is 90.5 Å². The number of ether oxygens (including phenoxy) is 1. The molecule has 0 aliphatic carbocycles. The number of nitro benzene ring substituents is 1. The molecule has 8 nitrogen and oxygen atoms in total. The number of hydrogen-bond acceptors (Lipinski definition) is 6. The number of ketones is 1. The fraction of sp³-hybridized carbons (Fsp3) is 0.375. The molecule has 0 unspecified atom stereocenters. The molecule has 0 N–H and O–H groups in total. The van der Waals surface area contributed by atoms with Crippen molar-refractivity contribution in [3.63, 3.8) is 0 Å². The number of carbonyl (C=O) groups excluding carboxylic acids is 1. The first-order valence-corrected chi connectivity index (χ1v) is 7.46. The van der Waals surface area contributed by atoms with E-state index in [0.717, 1.165) is 6.42 Å². The van der Waals surface area contributed by atoms with Crippen molar-refractivity contribution in [2.45, 2.75) is 6.42 Å². The third-order valence-corrected chi connectivity index (χ3v) is 3.71. The van der Waals surface area contributed by atoms with Crippen molar-refractivity contribution >= 4 is 17.2 Å². The molecule has 1 aromatic heterocycles. The van der Waals surface area contributed by atoms with Crippen molar-refractivity contribution in [3.05, 3.63) is 52.1 Å². The summed E-state index contributed by atoms with van der Waals surface area (Å²) in [5, 5.41) is 11.4. The Morgan fingerprint density at radius 2 is 2.21 bits per heavy atom. The highest BCUT2D eigenvalue weighted by atomic mass is 16.6. The Kier molecular flexibility index (Phi) is 5.64. The number of imidazole rings is 1. The van der Waals surface area contributed by atoms with Gasteiger partial charge in [0.05, 0.1) is 4.92 Å². The van der Waals surface area contributed by atoms with E-state index in [9.17, 15) is 14.9 Å². The highest BCUT2D eigenvalue weighted by Gasteiger charge is 2.22. The lowest BCUT2D eigenvalue weighted by molar-refractivity contribution is -0.384. The van der Waals surface area contributed by atoms with Gasteiger partial charge in [-0.15, -0.1) is 0 Å². The second-order valence-corrected chi connectivity index (χ2v) is 5.42. The summed E-state index contributed by atoms with van der Waals surface area (Å²) < 4.78 is 6.58. The largest absolute Gasteiger partial charge is 0.385 e. The van der Waals surface area contributed by atoms with Crippen LogP contribution in [0.3, 0.4) is 0 Å². The van der Waals surface area contributed by atoms with Crippen LogP contribution in [0.4, 0.5) is 11.4 Å². The van der Waals surface area contributed by atoms with Crippen LogP contribution in [-0.4, -0.2) is 47.6 Å². The molecule has 128 valence electrons. The summed E-state index contributed by atoms with van der Waals surface area (Å²) in [6, 6.07) is 4.49. The van der Waals surface area contributed by atoms with Crippen LogP contribution in [0, 0.1) is 10.1 Å². The molecule has 0 spiro atoms. The van der Waals surface area contributed by atoms with Crippen LogP contribution in [0.2, 0.25) is 0 Å². The summed E-state index contributed by atoms with van der Waals surface area (Å²) in [7, 11) is 5.09. The maximum absolute atomic E-state index is 12.5. The number of hydrogen-bond donors (Lipinski definition) is 0. The number of nitrogens with zero attached hydrogens (tertiary/aromatic N) is 4. The number of carbonyl (C=O) groups is 1. The zero-order valence-electron chi connectivity index (χ0n) is 13.9. The summed E-state index contributed by atoms with van der Waals surface area (Å²) >= 11 is 0. The Bertz CT molecular complexity index is 741. The first kappa shape index (κ1) is 17.6. The van der Waals surface area contributed by atoms with E-state index in [4.69, 9.17) is 4.74 Å². The maximum atomic E-state index is 12.5. The van der Waals surface area contributed by atoms with Gasteiger partial charge in [0, 0.05) is 58.4 Å². The highest BCUT2D eigenvalue weighted by Crippen LogP contribution is 2.29. The van der Waals surface area contributed by atoms with Gasteiger partial charge in [0.1, 0.15) is 5.69 Å². The zero-order valence-corrected chi connectivity index (χ0v) is 13.9. The predicted octanol–water partition coefficient (Wildman–Crippen LogP) is 2.03. The number of benzene rings is 1. The van der Waals surface area contributed by atoms with Gasteiger partial charge < -0.3 is 14.2 Å². The Hall–Kier alpha value is -2.74. The summed E-state index contributed by atoms with van der Waals surface area (Å²) in [6.07, 6.45) is 3.91. The van der Waals surface area contributed by atoms with Crippen molar-refractivity contribution < 1.29 is 14.5 Å². The van der Waals surface area contributed by atoms with Crippen molar-refractivity contribution in [3.8, 4) is 0 Å². The van der Waals surface area contributed by atoms with Gasteiger partial charge in [-0.25, -0.2) is 4.98 Å². The summed E-state index contributed by atoms with van der Waals surface area (Å²) in [5.41, 5.74) is 0.604. The molecule has 0 aliphatic rings. The van der Waals surface area contributed by atoms with Gasteiger partial charge in [-0.3, -0.25) is 14.9 Å². The molecule has 1 aromatic carbocycles. The maximum Gasteiger partial charge on any atom is 0.293 e. The molecule has 8 heteroatoms. The highest BCUT2D eigenvalue weighted by molar-refractivity contribution is 6.07. The van der Waals surface area contributed by atoms with Gasteiger partial charge >= 0.3 is 0 Å². The summed E-state index contributed by atoms with van der Waals surface area (Å²) in [6.45, 7) is 1.19. The molecular weight excluding hydrogens is 312 g/mol. The van der Waals surface area contributed by atoms with Gasteiger partial charge in [-0.2, -0.15) is 0 Å². The Morgan fingerprint density at radius 1 is 1.46 bits per heavy atom. The fourth-order valence-corrected chi connectivity index (χ4v) is 2.41. The van der Waals surface area contributed by atoms with Crippen LogP contribution in [0.25, 0.3) is 0 Å². The van der Waals surface area contributed by atoms with Gasteiger partial charge in [0.2, 0.25) is 5.78 Å². The molecule has 2 aromatic rings. The number of aromatic nitrogens is 2. The second kappa shape index (κ2) is 7.69. The molecule has 0 radical (unpaired) electrons. The second-order valence-electron chi connectivity index (χ2n) is 5.42. The van der Waals surface area contributed by atoms with E-state index in [1.54, 1.807) is 49.0 Å². The lowest BCUT2D eigenvalue weighted by Crippen LogP contribution is -2.21. The lowest BCUT2D eigenvalue weighted by Gasteiger charge is -2.19. The van der Waals surface area contributed by atoms with Gasteiger partial charge in [0.15, 0.2) is 5.82 Å². The lowest BCUT2D eigenvalue weighted by atomic mass is 10.1. The summed E-state index contributed by atoms with van der Waals surface area (Å²) in [4.78, 5) is 29.2. The van der Waals surface area contributed by atoms with Crippen LogP contribution in [0.15, 0.2) is 30.6 Å². The van der Waals surface area contributed by atoms with E-state index in [1.165, 1.54) is 12.3 Å². The van der Waals surface area contributed by atoms with Gasteiger partial charge in [0.25, 0.3) is 5.69 Å². The summed E-state index contributed by atoms with van der Waals surface area (Å²) in [5.74, 6) is -0.107. The molecule has 1 heterocycles. The smallest absolute Gasteiger partial charge is 0.293 e. The van der Waals surface area contributed by atoms with Crippen molar-refractivity contribution in [2.75, 3.05) is 32.2 Å². The Balaban J connectivity index is 2.31. The van der Waals surface area contributed by atoms with Crippen molar-refractivity contribution in [2.24, 2.45) is 7.05 Å². The molecule has 0 fully saturated rings. The first-order valence-electron chi connectivity index (χ1n) is 7.46. The minimum Gasteiger partial charge on any atom is -0.385 e. The normalized spacial score (nSPS) is 10.6. The average molecular weight is 332 g/mol. The van der Waals surface area contributed by atoms with E-state index in [-0.39, 0.29) is 22.9 Å². The standard InChI is InChI=1S/C16H20N4O4/c1-18(8-4-10-24-3)13-6-5-12(11-14(13)20(22)23)15(21)16-17-7-9-19(16)2/h5-7,9,11H,4,8,10H2,1-3H3. The molecule has 0 bridgehead atoms. The number of aryl methyl sites for hydroxylation is 1. The molecule has 24 heavy (non-hydrogen) atoms. The van der Waals surface area contributed by atoms with Crippen LogP contribution >= 0.6 is 0 Å². The van der Waals surface area contributed by atoms with E-state index in [1.807, 2.05) is 0 Å². The Labute approximate surface area is 139 Å². The van der Waals surface area contributed by atoms with Gasteiger partial charge in [-0.1, -0.05) is 0 Å². The molecule has 0 amide bonds.